The lowest BCUT2D eigenvalue weighted by atomic mass is 9.84. The van der Waals surface area contributed by atoms with Crippen molar-refractivity contribution in [2.24, 2.45) is 5.92 Å². The standard InChI is InChI=1S/C14H18ClNO2/c1-9-11(5-4-6-12(9)15)13(17)16-7-10(8-16)14(2,3)18/h4-6,10,18H,7-8H2,1-3H3. The molecule has 1 heterocycles. The number of nitrogens with zero attached hydrogens (tertiary/aromatic N) is 1. The van der Waals surface area contributed by atoms with Gasteiger partial charge >= 0.3 is 0 Å². The van der Waals surface area contributed by atoms with Crippen molar-refractivity contribution in [2.45, 2.75) is 26.4 Å². The lowest BCUT2D eigenvalue weighted by molar-refractivity contribution is -0.0507. The summed E-state index contributed by atoms with van der Waals surface area (Å²) in [5.41, 5.74) is 0.743. The molecule has 3 nitrogen and oxygen atoms in total. The fraction of sp³-hybridized carbons (Fsp3) is 0.500. The molecule has 0 bridgehead atoms. The van der Waals surface area contributed by atoms with Gasteiger partial charge in [0, 0.05) is 29.6 Å². The Morgan fingerprint density at radius 2 is 2.06 bits per heavy atom. The summed E-state index contributed by atoms with van der Waals surface area (Å²) < 4.78 is 0. The highest BCUT2D eigenvalue weighted by Gasteiger charge is 2.40. The third-order valence-electron chi connectivity index (χ3n) is 3.67. The fourth-order valence-corrected chi connectivity index (χ4v) is 2.28. The van der Waals surface area contributed by atoms with Crippen molar-refractivity contribution in [3.05, 3.63) is 34.3 Å². The Kier molecular flexibility index (Phi) is 3.39. The molecule has 1 saturated heterocycles. The summed E-state index contributed by atoms with van der Waals surface area (Å²) in [6.07, 6.45) is 0. The Bertz CT molecular complexity index is 473. The Balaban J connectivity index is 2.09. The Morgan fingerprint density at radius 1 is 1.44 bits per heavy atom. The topological polar surface area (TPSA) is 40.5 Å². The maximum atomic E-state index is 12.3. The molecule has 0 unspecified atom stereocenters. The van der Waals surface area contributed by atoms with Gasteiger partial charge in [-0.1, -0.05) is 17.7 Å². The largest absolute Gasteiger partial charge is 0.390 e. The van der Waals surface area contributed by atoms with Crippen LogP contribution in [0.1, 0.15) is 29.8 Å². The van der Waals surface area contributed by atoms with E-state index in [0.29, 0.717) is 23.7 Å². The van der Waals surface area contributed by atoms with Crippen LogP contribution in [0.4, 0.5) is 0 Å². The number of carbonyl (C=O) groups excluding carboxylic acids is 1. The summed E-state index contributed by atoms with van der Waals surface area (Å²) >= 11 is 6.01. The summed E-state index contributed by atoms with van der Waals surface area (Å²) in [6, 6.07) is 5.36. The van der Waals surface area contributed by atoms with Crippen LogP contribution in [0.2, 0.25) is 5.02 Å². The molecule has 1 aliphatic rings. The Hall–Kier alpha value is -1.06. The number of hydrogen-bond donors (Lipinski definition) is 1. The second kappa shape index (κ2) is 4.56. The first-order valence-electron chi connectivity index (χ1n) is 6.07. The van der Waals surface area contributed by atoms with E-state index in [1.54, 1.807) is 36.9 Å². The maximum Gasteiger partial charge on any atom is 0.254 e. The molecule has 0 radical (unpaired) electrons. The predicted molar refractivity (Wildman–Crippen MR) is 71.9 cm³/mol. The smallest absolute Gasteiger partial charge is 0.254 e. The molecular weight excluding hydrogens is 250 g/mol. The second-order valence-corrected chi connectivity index (χ2v) is 5.88. The maximum absolute atomic E-state index is 12.3. The molecule has 1 aromatic rings. The van der Waals surface area contributed by atoms with E-state index < -0.39 is 5.60 Å². The zero-order chi connectivity index (χ0) is 13.5. The molecule has 0 spiro atoms. The molecule has 1 N–H and O–H groups in total. The Labute approximate surface area is 112 Å². The monoisotopic (exact) mass is 267 g/mol. The highest BCUT2D eigenvalue weighted by Crippen LogP contribution is 2.29. The van der Waals surface area contributed by atoms with Crippen LogP contribution in [0.5, 0.6) is 0 Å². The number of amides is 1. The molecule has 4 heteroatoms. The van der Waals surface area contributed by atoms with E-state index in [0.717, 1.165) is 5.56 Å². The van der Waals surface area contributed by atoms with Gasteiger partial charge in [-0.3, -0.25) is 4.79 Å². The average Bonchev–Trinajstić information content (AvgIpc) is 2.17. The summed E-state index contributed by atoms with van der Waals surface area (Å²) in [5.74, 6) is 0.149. The number of halogens is 1. The van der Waals surface area contributed by atoms with Gasteiger partial charge in [-0.25, -0.2) is 0 Å². The molecule has 1 aromatic carbocycles. The average molecular weight is 268 g/mol. The third-order valence-corrected chi connectivity index (χ3v) is 4.08. The number of carbonyl (C=O) groups is 1. The van der Waals surface area contributed by atoms with E-state index in [1.165, 1.54) is 0 Å². The quantitative estimate of drug-likeness (QED) is 0.894. The normalized spacial score (nSPS) is 16.6. The van der Waals surface area contributed by atoms with Crippen molar-refractivity contribution in [3.8, 4) is 0 Å². The third kappa shape index (κ3) is 2.38. The van der Waals surface area contributed by atoms with Crippen LogP contribution in [0.25, 0.3) is 0 Å². The summed E-state index contributed by atoms with van der Waals surface area (Å²) in [5, 5.41) is 10.5. The van der Waals surface area contributed by atoms with Gasteiger partial charge < -0.3 is 10.0 Å². The summed E-state index contributed by atoms with van der Waals surface area (Å²) in [6.45, 7) is 6.62. The van der Waals surface area contributed by atoms with Crippen molar-refractivity contribution in [2.75, 3.05) is 13.1 Å². The Morgan fingerprint density at radius 3 is 2.61 bits per heavy atom. The van der Waals surface area contributed by atoms with E-state index in [2.05, 4.69) is 0 Å². The molecule has 0 aromatic heterocycles. The van der Waals surface area contributed by atoms with Crippen LogP contribution in [0, 0.1) is 12.8 Å². The molecule has 0 atom stereocenters. The summed E-state index contributed by atoms with van der Waals surface area (Å²) in [4.78, 5) is 14.0. The first-order chi connectivity index (χ1) is 8.30. The minimum Gasteiger partial charge on any atom is -0.390 e. The zero-order valence-electron chi connectivity index (χ0n) is 10.9. The molecule has 18 heavy (non-hydrogen) atoms. The number of hydrogen-bond acceptors (Lipinski definition) is 2. The van der Waals surface area contributed by atoms with Gasteiger partial charge in [0.05, 0.1) is 5.60 Å². The number of aliphatic hydroxyl groups is 1. The van der Waals surface area contributed by atoms with Crippen LogP contribution < -0.4 is 0 Å². The number of benzene rings is 1. The molecule has 98 valence electrons. The molecule has 1 aliphatic heterocycles. The van der Waals surface area contributed by atoms with Crippen LogP contribution >= 0.6 is 11.6 Å². The molecular formula is C14H18ClNO2. The molecule has 2 rings (SSSR count). The first kappa shape index (κ1) is 13.4. The second-order valence-electron chi connectivity index (χ2n) is 5.47. The lowest BCUT2D eigenvalue weighted by Crippen LogP contribution is -2.57. The van der Waals surface area contributed by atoms with Crippen LogP contribution in [0.3, 0.4) is 0 Å². The van der Waals surface area contributed by atoms with Gasteiger partial charge in [-0.15, -0.1) is 0 Å². The van der Waals surface area contributed by atoms with E-state index in [4.69, 9.17) is 11.6 Å². The van der Waals surface area contributed by atoms with E-state index in [1.807, 2.05) is 6.92 Å². The van der Waals surface area contributed by atoms with Gasteiger partial charge in [-0.2, -0.15) is 0 Å². The first-order valence-corrected chi connectivity index (χ1v) is 6.45. The highest BCUT2D eigenvalue weighted by atomic mass is 35.5. The van der Waals surface area contributed by atoms with Gasteiger partial charge in [0.1, 0.15) is 0 Å². The molecule has 1 amide bonds. The van der Waals surface area contributed by atoms with Crippen molar-refractivity contribution in [1.82, 2.24) is 4.90 Å². The lowest BCUT2D eigenvalue weighted by Gasteiger charge is -2.45. The van der Waals surface area contributed by atoms with Crippen molar-refractivity contribution < 1.29 is 9.90 Å². The number of rotatable bonds is 2. The SMILES string of the molecule is Cc1c(Cl)cccc1C(=O)N1CC(C(C)(C)O)C1. The van der Waals surface area contributed by atoms with E-state index in [9.17, 15) is 9.90 Å². The van der Waals surface area contributed by atoms with Crippen molar-refractivity contribution in [1.29, 1.82) is 0 Å². The van der Waals surface area contributed by atoms with Crippen LogP contribution in [0.15, 0.2) is 18.2 Å². The van der Waals surface area contributed by atoms with Crippen molar-refractivity contribution >= 4 is 17.5 Å². The van der Waals surface area contributed by atoms with Crippen molar-refractivity contribution in [3.63, 3.8) is 0 Å². The van der Waals surface area contributed by atoms with Crippen LogP contribution in [-0.2, 0) is 0 Å². The zero-order valence-corrected chi connectivity index (χ0v) is 11.7. The van der Waals surface area contributed by atoms with E-state index >= 15 is 0 Å². The van der Waals surface area contributed by atoms with E-state index in [-0.39, 0.29) is 11.8 Å². The molecule has 1 fully saturated rings. The van der Waals surface area contributed by atoms with Gasteiger partial charge in [-0.05, 0) is 38.5 Å². The fourth-order valence-electron chi connectivity index (χ4n) is 2.10. The molecule has 0 aliphatic carbocycles. The predicted octanol–water partition coefficient (Wildman–Crippen LogP) is 2.49. The highest BCUT2D eigenvalue weighted by molar-refractivity contribution is 6.31. The molecule has 0 saturated carbocycles. The minimum absolute atomic E-state index is 0.00417. The summed E-state index contributed by atoms with van der Waals surface area (Å²) in [7, 11) is 0. The minimum atomic E-state index is -0.722. The van der Waals surface area contributed by atoms with Crippen LogP contribution in [-0.4, -0.2) is 34.6 Å². The van der Waals surface area contributed by atoms with Gasteiger partial charge in [0.25, 0.3) is 5.91 Å². The van der Waals surface area contributed by atoms with Gasteiger partial charge in [0.2, 0.25) is 0 Å². The number of likely N-dealkylation sites (tertiary alicyclic amines) is 1. The van der Waals surface area contributed by atoms with Gasteiger partial charge in [0.15, 0.2) is 0 Å².